The molecule has 0 unspecified atom stereocenters. The summed E-state index contributed by atoms with van der Waals surface area (Å²) >= 11 is 0. The SMILES string of the molecule is CCOc1ccc(C(=O)CC#N)cc1OCC. The van der Waals surface area contributed by atoms with Gasteiger partial charge in [-0.15, -0.1) is 0 Å². The van der Waals surface area contributed by atoms with E-state index in [4.69, 9.17) is 14.7 Å². The van der Waals surface area contributed by atoms with Gasteiger partial charge in [-0.25, -0.2) is 0 Å². The van der Waals surface area contributed by atoms with Gasteiger partial charge in [0.15, 0.2) is 17.3 Å². The standard InChI is InChI=1S/C13H15NO3/c1-3-16-12-6-5-10(11(15)7-8-14)9-13(12)17-4-2/h5-6,9H,3-4,7H2,1-2H3. The molecule has 4 nitrogen and oxygen atoms in total. The molecule has 0 radical (unpaired) electrons. The van der Waals surface area contributed by atoms with Crippen molar-refractivity contribution in [2.45, 2.75) is 20.3 Å². The summed E-state index contributed by atoms with van der Waals surface area (Å²) < 4.78 is 10.8. The maximum Gasteiger partial charge on any atom is 0.177 e. The first-order chi connectivity index (χ1) is 8.22. The van der Waals surface area contributed by atoms with Crippen LogP contribution in [0.15, 0.2) is 18.2 Å². The van der Waals surface area contributed by atoms with Gasteiger partial charge in [-0.3, -0.25) is 4.79 Å². The maximum absolute atomic E-state index is 11.6. The molecule has 0 aliphatic rings. The van der Waals surface area contributed by atoms with E-state index in [1.807, 2.05) is 19.9 Å². The lowest BCUT2D eigenvalue weighted by Crippen LogP contribution is -2.02. The Morgan fingerprint density at radius 1 is 1.24 bits per heavy atom. The van der Waals surface area contributed by atoms with Crippen molar-refractivity contribution in [3.05, 3.63) is 23.8 Å². The third kappa shape index (κ3) is 3.49. The fourth-order valence-electron chi connectivity index (χ4n) is 1.40. The van der Waals surface area contributed by atoms with Gasteiger partial charge in [-0.05, 0) is 32.0 Å². The number of hydrogen-bond acceptors (Lipinski definition) is 4. The van der Waals surface area contributed by atoms with Crippen LogP contribution < -0.4 is 9.47 Å². The van der Waals surface area contributed by atoms with E-state index in [1.54, 1.807) is 18.2 Å². The number of Topliss-reactive ketones (excluding diaryl/α,β-unsaturated/α-hetero) is 1. The van der Waals surface area contributed by atoms with E-state index in [0.717, 1.165) is 0 Å². The van der Waals surface area contributed by atoms with Crippen LogP contribution in [0.3, 0.4) is 0 Å². The summed E-state index contributed by atoms with van der Waals surface area (Å²) in [6, 6.07) is 6.79. The Morgan fingerprint density at radius 3 is 2.47 bits per heavy atom. The van der Waals surface area contributed by atoms with E-state index in [1.165, 1.54) is 0 Å². The Kier molecular flexibility index (Phi) is 5.02. The van der Waals surface area contributed by atoms with Crippen LogP contribution in [0.5, 0.6) is 11.5 Å². The molecular formula is C13H15NO3. The number of rotatable bonds is 6. The first kappa shape index (κ1) is 13.0. The Labute approximate surface area is 101 Å². The third-order valence-corrected chi connectivity index (χ3v) is 2.10. The van der Waals surface area contributed by atoms with E-state index in [9.17, 15) is 4.79 Å². The van der Waals surface area contributed by atoms with Crippen molar-refractivity contribution in [2.24, 2.45) is 0 Å². The van der Waals surface area contributed by atoms with E-state index in [-0.39, 0.29) is 12.2 Å². The Hall–Kier alpha value is -2.02. The van der Waals surface area contributed by atoms with E-state index >= 15 is 0 Å². The zero-order valence-electron chi connectivity index (χ0n) is 10.0. The molecule has 4 heteroatoms. The minimum atomic E-state index is -0.212. The van der Waals surface area contributed by atoms with Gasteiger partial charge in [0, 0.05) is 5.56 Å². The van der Waals surface area contributed by atoms with E-state index in [0.29, 0.717) is 30.3 Å². The molecule has 0 atom stereocenters. The van der Waals surface area contributed by atoms with Gasteiger partial charge < -0.3 is 9.47 Å². The zero-order valence-corrected chi connectivity index (χ0v) is 10.0. The number of carbonyl (C=O) groups excluding carboxylic acids is 1. The lowest BCUT2D eigenvalue weighted by Gasteiger charge is -2.11. The Balaban J connectivity index is 3.00. The summed E-state index contributed by atoms with van der Waals surface area (Å²) in [6.45, 7) is 4.77. The van der Waals surface area contributed by atoms with Crippen LogP contribution in [0, 0.1) is 11.3 Å². The van der Waals surface area contributed by atoms with Crippen LogP contribution in [0.25, 0.3) is 0 Å². The highest BCUT2D eigenvalue weighted by Gasteiger charge is 2.10. The summed E-state index contributed by atoms with van der Waals surface area (Å²) in [5.41, 5.74) is 0.471. The molecule has 0 amide bonds. The number of ketones is 1. The summed E-state index contributed by atoms with van der Waals surface area (Å²) in [6.07, 6.45) is -0.125. The van der Waals surface area contributed by atoms with Crippen LogP contribution in [0.4, 0.5) is 0 Å². The molecule has 0 aliphatic heterocycles. The van der Waals surface area contributed by atoms with Gasteiger partial charge in [0.1, 0.15) is 0 Å². The number of hydrogen-bond donors (Lipinski definition) is 0. The molecule has 1 rings (SSSR count). The highest BCUT2D eigenvalue weighted by Crippen LogP contribution is 2.28. The van der Waals surface area contributed by atoms with Crippen LogP contribution >= 0.6 is 0 Å². The van der Waals surface area contributed by atoms with Gasteiger partial charge in [0.25, 0.3) is 0 Å². The second kappa shape index (κ2) is 6.54. The van der Waals surface area contributed by atoms with Gasteiger partial charge in [0.2, 0.25) is 0 Å². The van der Waals surface area contributed by atoms with Crippen LogP contribution in [0.1, 0.15) is 30.6 Å². The number of nitriles is 1. The molecule has 0 spiro atoms. The summed E-state index contributed by atoms with van der Waals surface area (Å²) in [5, 5.41) is 8.48. The molecule has 0 aliphatic carbocycles. The fourth-order valence-corrected chi connectivity index (χ4v) is 1.40. The molecule has 0 heterocycles. The number of carbonyl (C=O) groups is 1. The molecular weight excluding hydrogens is 218 g/mol. The molecule has 0 saturated carbocycles. The van der Waals surface area contributed by atoms with Crippen LogP contribution in [-0.2, 0) is 0 Å². The summed E-state index contributed by atoms with van der Waals surface area (Å²) in [5.74, 6) is 0.942. The molecule has 0 saturated heterocycles. The molecule has 1 aromatic carbocycles. The second-order valence-electron chi connectivity index (χ2n) is 3.29. The average molecular weight is 233 g/mol. The highest BCUT2D eigenvalue weighted by atomic mass is 16.5. The fraction of sp³-hybridized carbons (Fsp3) is 0.385. The van der Waals surface area contributed by atoms with Crippen LogP contribution in [-0.4, -0.2) is 19.0 Å². The summed E-state index contributed by atoms with van der Waals surface area (Å²) in [4.78, 5) is 11.6. The lowest BCUT2D eigenvalue weighted by atomic mass is 10.1. The summed E-state index contributed by atoms with van der Waals surface area (Å²) in [7, 11) is 0. The van der Waals surface area contributed by atoms with Crippen molar-refractivity contribution in [1.82, 2.24) is 0 Å². The van der Waals surface area contributed by atoms with Crippen molar-refractivity contribution in [1.29, 1.82) is 5.26 Å². The maximum atomic E-state index is 11.6. The average Bonchev–Trinajstić information content (AvgIpc) is 2.32. The number of ether oxygens (including phenoxy) is 2. The third-order valence-electron chi connectivity index (χ3n) is 2.10. The lowest BCUT2D eigenvalue weighted by molar-refractivity contribution is 0.0997. The number of nitrogens with zero attached hydrogens (tertiary/aromatic N) is 1. The Morgan fingerprint density at radius 2 is 1.88 bits per heavy atom. The first-order valence-corrected chi connectivity index (χ1v) is 5.52. The zero-order chi connectivity index (χ0) is 12.7. The van der Waals surface area contributed by atoms with Crippen LogP contribution in [0.2, 0.25) is 0 Å². The quantitative estimate of drug-likeness (QED) is 0.708. The smallest absolute Gasteiger partial charge is 0.177 e. The van der Waals surface area contributed by atoms with Gasteiger partial charge >= 0.3 is 0 Å². The Bertz CT molecular complexity index is 435. The number of benzene rings is 1. The molecule has 0 N–H and O–H groups in total. The van der Waals surface area contributed by atoms with Gasteiger partial charge in [0.05, 0.1) is 25.7 Å². The predicted octanol–water partition coefficient (Wildman–Crippen LogP) is 2.58. The molecule has 0 fully saturated rings. The van der Waals surface area contributed by atoms with Crippen molar-refractivity contribution >= 4 is 5.78 Å². The molecule has 90 valence electrons. The first-order valence-electron chi connectivity index (χ1n) is 5.52. The van der Waals surface area contributed by atoms with E-state index < -0.39 is 0 Å². The largest absolute Gasteiger partial charge is 0.490 e. The normalized spacial score (nSPS) is 9.47. The molecule has 0 bridgehead atoms. The minimum absolute atomic E-state index is 0.125. The topological polar surface area (TPSA) is 59.3 Å². The van der Waals surface area contributed by atoms with Crippen molar-refractivity contribution < 1.29 is 14.3 Å². The molecule has 1 aromatic rings. The van der Waals surface area contributed by atoms with Gasteiger partial charge in [-0.2, -0.15) is 5.26 Å². The predicted molar refractivity (Wildman–Crippen MR) is 63.3 cm³/mol. The van der Waals surface area contributed by atoms with Crippen molar-refractivity contribution in [2.75, 3.05) is 13.2 Å². The minimum Gasteiger partial charge on any atom is -0.490 e. The van der Waals surface area contributed by atoms with Crippen molar-refractivity contribution in [3.63, 3.8) is 0 Å². The van der Waals surface area contributed by atoms with Gasteiger partial charge in [-0.1, -0.05) is 0 Å². The highest BCUT2D eigenvalue weighted by molar-refractivity contribution is 5.97. The molecule has 17 heavy (non-hydrogen) atoms. The monoisotopic (exact) mass is 233 g/mol. The second-order valence-corrected chi connectivity index (χ2v) is 3.29. The van der Waals surface area contributed by atoms with Crippen molar-refractivity contribution in [3.8, 4) is 17.6 Å². The van der Waals surface area contributed by atoms with E-state index in [2.05, 4.69) is 0 Å². The molecule has 0 aromatic heterocycles.